The van der Waals surface area contributed by atoms with Crippen LogP contribution < -0.4 is 5.32 Å². The Morgan fingerprint density at radius 2 is 2.19 bits per heavy atom. The number of sulfone groups is 1. The molecule has 21 heavy (non-hydrogen) atoms. The van der Waals surface area contributed by atoms with Gasteiger partial charge in [-0.25, -0.2) is 8.42 Å². The van der Waals surface area contributed by atoms with E-state index in [0.29, 0.717) is 13.0 Å². The third-order valence-corrected chi connectivity index (χ3v) is 5.72. The van der Waals surface area contributed by atoms with Crippen LogP contribution in [0.4, 0.5) is 0 Å². The maximum absolute atomic E-state index is 12.0. The van der Waals surface area contributed by atoms with Gasteiger partial charge in [0.05, 0.1) is 23.7 Å². The third-order valence-electron chi connectivity index (χ3n) is 3.97. The highest BCUT2D eigenvalue weighted by molar-refractivity contribution is 7.91. The number of amides is 1. The summed E-state index contributed by atoms with van der Waals surface area (Å²) in [6, 6.07) is -0.0573. The third kappa shape index (κ3) is 4.04. The lowest BCUT2D eigenvalue weighted by molar-refractivity contribution is -0.122. The zero-order valence-electron chi connectivity index (χ0n) is 12.6. The minimum absolute atomic E-state index is 0.0573. The number of likely N-dealkylation sites (N-methyl/N-ethyl adjacent to an activating group) is 1. The van der Waals surface area contributed by atoms with Crippen LogP contribution in [0, 0.1) is 13.8 Å². The molecule has 1 saturated heterocycles. The van der Waals surface area contributed by atoms with Crippen molar-refractivity contribution in [3.63, 3.8) is 0 Å². The molecule has 1 aliphatic rings. The van der Waals surface area contributed by atoms with Gasteiger partial charge in [-0.1, -0.05) is 0 Å². The number of nitrogens with zero attached hydrogens (tertiary/aromatic N) is 2. The quantitative estimate of drug-likeness (QED) is 0.782. The molecule has 1 aromatic rings. The predicted molar refractivity (Wildman–Crippen MR) is 79.6 cm³/mol. The van der Waals surface area contributed by atoms with Crippen LogP contribution >= 0.6 is 0 Å². The number of H-pyrrole nitrogens is 1. The Bertz CT molecular complexity index is 604. The van der Waals surface area contributed by atoms with Crippen molar-refractivity contribution in [1.29, 1.82) is 0 Å². The molecule has 1 fully saturated rings. The molecule has 2 rings (SSSR count). The highest BCUT2D eigenvalue weighted by Crippen LogP contribution is 2.16. The Morgan fingerprint density at radius 3 is 2.71 bits per heavy atom. The molecule has 0 bridgehead atoms. The van der Waals surface area contributed by atoms with Crippen molar-refractivity contribution in [3.05, 3.63) is 17.0 Å². The van der Waals surface area contributed by atoms with E-state index in [1.807, 2.05) is 18.7 Å². The van der Waals surface area contributed by atoms with Gasteiger partial charge in [0.25, 0.3) is 0 Å². The number of rotatable bonds is 5. The molecule has 7 nitrogen and oxygen atoms in total. The molecule has 2 heterocycles. The normalized spacial score (nSPS) is 20.9. The van der Waals surface area contributed by atoms with E-state index in [2.05, 4.69) is 15.5 Å². The number of carbonyl (C=O) groups is 1. The monoisotopic (exact) mass is 314 g/mol. The lowest BCUT2D eigenvalue weighted by Crippen LogP contribution is -2.41. The van der Waals surface area contributed by atoms with Crippen LogP contribution in [-0.4, -0.2) is 60.6 Å². The van der Waals surface area contributed by atoms with E-state index >= 15 is 0 Å². The van der Waals surface area contributed by atoms with Crippen molar-refractivity contribution in [2.24, 2.45) is 0 Å². The standard InChI is InChI=1S/C13H22N4O3S/c1-9-12(10(2)16-15-9)6-14-13(18)7-17(3)11-4-5-21(19,20)8-11/h11H,4-8H2,1-3H3,(H,14,18)(H,15,16). The molecule has 118 valence electrons. The second-order valence-corrected chi connectivity index (χ2v) is 7.89. The second kappa shape index (κ2) is 6.15. The topological polar surface area (TPSA) is 95.2 Å². The molecule has 2 N–H and O–H groups in total. The Morgan fingerprint density at radius 1 is 1.48 bits per heavy atom. The Labute approximate surface area is 125 Å². The fourth-order valence-corrected chi connectivity index (χ4v) is 4.36. The van der Waals surface area contributed by atoms with Gasteiger partial charge in [0.2, 0.25) is 5.91 Å². The van der Waals surface area contributed by atoms with Crippen LogP contribution in [0.5, 0.6) is 0 Å². The summed E-state index contributed by atoms with van der Waals surface area (Å²) in [6.07, 6.45) is 0.603. The van der Waals surface area contributed by atoms with Gasteiger partial charge >= 0.3 is 0 Å². The number of hydrogen-bond donors (Lipinski definition) is 2. The van der Waals surface area contributed by atoms with E-state index in [1.165, 1.54) is 0 Å². The van der Waals surface area contributed by atoms with E-state index in [9.17, 15) is 13.2 Å². The first-order valence-electron chi connectivity index (χ1n) is 6.96. The largest absolute Gasteiger partial charge is 0.351 e. The van der Waals surface area contributed by atoms with E-state index in [0.717, 1.165) is 17.0 Å². The lowest BCUT2D eigenvalue weighted by atomic mass is 10.2. The van der Waals surface area contributed by atoms with E-state index in [-0.39, 0.29) is 30.0 Å². The lowest BCUT2D eigenvalue weighted by Gasteiger charge is -2.22. The van der Waals surface area contributed by atoms with Crippen LogP contribution in [0.2, 0.25) is 0 Å². The van der Waals surface area contributed by atoms with Gasteiger partial charge in [0.15, 0.2) is 9.84 Å². The van der Waals surface area contributed by atoms with E-state index < -0.39 is 9.84 Å². The van der Waals surface area contributed by atoms with Crippen molar-refractivity contribution in [2.45, 2.75) is 32.9 Å². The SMILES string of the molecule is Cc1n[nH]c(C)c1CNC(=O)CN(C)C1CCS(=O)(=O)C1. The molecule has 1 aliphatic heterocycles. The molecular formula is C13H22N4O3S. The molecule has 0 radical (unpaired) electrons. The Hall–Kier alpha value is -1.41. The average Bonchev–Trinajstić information content (AvgIpc) is 2.91. The van der Waals surface area contributed by atoms with Gasteiger partial charge in [-0.2, -0.15) is 5.10 Å². The zero-order chi connectivity index (χ0) is 15.6. The number of aryl methyl sites for hydroxylation is 2. The Balaban J connectivity index is 1.82. The molecule has 1 unspecified atom stereocenters. The van der Waals surface area contributed by atoms with Crippen molar-refractivity contribution < 1.29 is 13.2 Å². The summed E-state index contributed by atoms with van der Waals surface area (Å²) in [5.41, 5.74) is 2.82. The maximum atomic E-state index is 12.0. The highest BCUT2D eigenvalue weighted by Gasteiger charge is 2.31. The molecule has 1 amide bonds. The van der Waals surface area contributed by atoms with Crippen molar-refractivity contribution in [2.75, 3.05) is 25.1 Å². The summed E-state index contributed by atoms with van der Waals surface area (Å²) in [7, 11) is -1.13. The van der Waals surface area contributed by atoms with Crippen LogP contribution in [-0.2, 0) is 21.2 Å². The first-order valence-corrected chi connectivity index (χ1v) is 8.78. The number of aromatic amines is 1. The van der Waals surface area contributed by atoms with Gasteiger partial charge < -0.3 is 5.32 Å². The molecule has 1 aromatic heterocycles. The van der Waals surface area contributed by atoms with Crippen LogP contribution in [0.3, 0.4) is 0 Å². The molecular weight excluding hydrogens is 292 g/mol. The predicted octanol–water partition coefficient (Wildman–Crippen LogP) is -0.238. The number of hydrogen-bond acceptors (Lipinski definition) is 5. The molecule has 0 aliphatic carbocycles. The Kier molecular flexibility index (Phi) is 4.67. The summed E-state index contributed by atoms with van der Waals surface area (Å²) in [6.45, 7) is 4.44. The van der Waals surface area contributed by atoms with Gasteiger partial charge in [-0.05, 0) is 27.3 Å². The van der Waals surface area contributed by atoms with Gasteiger partial charge in [0.1, 0.15) is 0 Å². The minimum atomic E-state index is -2.92. The number of aromatic nitrogens is 2. The fraction of sp³-hybridized carbons (Fsp3) is 0.692. The highest BCUT2D eigenvalue weighted by atomic mass is 32.2. The number of nitrogens with one attached hydrogen (secondary N) is 2. The van der Waals surface area contributed by atoms with Crippen LogP contribution in [0.15, 0.2) is 0 Å². The summed E-state index contributed by atoms with van der Waals surface area (Å²) in [4.78, 5) is 13.8. The van der Waals surface area contributed by atoms with Crippen molar-refractivity contribution in [1.82, 2.24) is 20.4 Å². The van der Waals surface area contributed by atoms with Crippen LogP contribution in [0.1, 0.15) is 23.4 Å². The van der Waals surface area contributed by atoms with Crippen LogP contribution in [0.25, 0.3) is 0 Å². The first-order chi connectivity index (χ1) is 9.78. The molecule has 0 aromatic carbocycles. The van der Waals surface area contributed by atoms with Gasteiger partial charge in [0, 0.05) is 23.8 Å². The van der Waals surface area contributed by atoms with Gasteiger partial charge in [-0.3, -0.25) is 14.8 Å². The van der Waals surface area contributed by atoms with Crippen molar-refractivity contribution in [3.8, 4) is 0 Å². The second-order valence-electron chi connectivity index (χ2n) is 5.66. The van der Waals surface area contributed by atoms with Gasteiger partial charge in [-0.15, -0.1) is 0 Å². The van der Waals surface area contributed by atoms with E-state index in [4.69, 9.17) is 0 Å². The summed E-state index contributed by atoms with van der Waals surface area (Å²) in [5, 5.41) is 9.81. The van der Waals surface area contributed by atoms with E-state index in [1.54, 1.807) is 7.05 Å². The number of carbonyl (C=O) groups excluding carboxylic acids is 1. The smallest absolute Gasteiger partial charge is 0.234 e. The molecule has 0 spiro atoms. The first kappa shape index (κ1) is 16.0. The fourth-order valence-electron chi connectivity index (χ4n) is 2.56. The average molecular weight is 314 g/mol. The molecule has 8 heteroatoms. The minimum Gasteiger partial charge on any atom is -0.351 e. The maximum Gasteiger partial charge on any atom is 0.234 e. The summed E-state index contributed by atoms with van der Waals surface area (Å²) in [5.74, 6) is 0.259. The molecule has 0 saturated carbocycles. The molecule has 1 atom stereocenters. The summed E-state index contributed by atoms with van der Waals surface area (Å²) >= 11 is 0. The summed E-state index contributed by atoms with van der Waals surface area (Å²) < 4.78 is 22.9. The zero-order valence-corrected chi connectivity index (χ0v) is 13.5. The van der Waals surface area contributed by atoms with Crippen molar-refractivity contribution >= 4 is 15.7 Å².